The number of carboxylic acid groups (broad SMARTS) is 1. The molecule has 0 fully saturated rings. The maximum absolute atomic E-state index is 10.7. The number of benzene rings is 1. The molecule has 3 N–H and O–H groups in total. The second kappa shape index (κ2) is 5.97. The Labute approximate surface area is 105 Å². The number of hydrogen-bond donors (Lipinski definition) is 3. The molecule has 18 heavy (non-hydrogen) atoms. The Morgan fingerprint density at radius 3 is 2.72 bits per heavy atom. The van der Waals surface area contributed by atoms with Gasteiger partial charge in [0.15, 0.2) is 0 Å². The number of rotatable bonds is 6. The summed E-state index contributed by atoms with van der Waals surface area (Å²) in [5, 5.41) is 12.1. The van der Waals surface area contributed by atoms with Crippen molar-refractivity contribution in [1.29, 1.82) is 0 Å². The molecule has 0 atom stereocenters. The highest BCUT2D eigenvalue weighted by molar-refractivity contribution is 5.87. The molecule has 2 rings (SSSR count). The molecule has 2 aromatic rings. The van der Waals surface area contributed by atoms with Gasteiger partial charge in [0.05, 0.1) is 11.9 Å². The largest absolute Gasteiger partial charge is 0.478 e. The molecule has 0 saturated carbocycles. The van der Waals surface area contributed by atoms with Gasteiger partial charge in [0.25, 0.3) is 0 Å². The summed E-state index contributed by atoms with van der Waals surface area (Å²) in [5.41, 5.74) is 2.49. The van der Waals surface area contributed by atoms with Crippen molar-refractivity contribution in [3.8, 4) is 0 Å². The molecule has 0 bridgehead atoms. The molecular weight excluding hydrogens is 230 g/mol. The fourth-order valence-corrected chi connectivity index (χ4v) is 1.64. The van der Waals surface area contributed by atoms with E-state index >= 15 is 0 Å². The molecule has 0 spiro atoms. The van der Waals surface area contributed by atoms with Gasteiger partial charge in [-0.1, -0.05) is 12.1 Å². The first-order valence-electron chi connectivity index (χ1n) is 5.76. The minimum Gasteiger partial charge on any atom is -0.478 e. The maximum Gasteiger partial charge on any atom is 0.335 e. The number of imidazole rings is 1. The summed E-state index contributed by atoms with van der Waals surface area (Å²) in [4.78, 5) is 17.7. The minimum atomic E-state index is -0.895. The summed E-state index contributed by atoms with van der Waals surface area (Å²) < 4.78 is 0. The van der Waals surface area contributed by atoms with Gasteiger partial charge in [-0.3, -0.25) is 0 Å². The first-order chi connectivity index (χ1) is 8.75. The fraction of sp³-hybridized carbons (Fsp3) is 0.231. The van der Waals surface area contributed by atoms with Crippen molar-refractivity contribution in [2.75, 3.05) is 6.54 Å². The van der Waals surface area contributed by atoms with Crippen LogP contribution in [-0.4, -0.2) is 27.6 Å². The summed E-state index contributed by atoms with van der Waals surface area (Å²) in [5.74, 6) is -0.895. The Balaban J connectivity index is 1.75. The van der Waals surface area contributed by atoms with E-state index in [-0.39, 0.29) is 0 Å². The Bertz CT molecular complexity index is 491. The normalized spacial score (nSPS) is 10.4. The second-order valence-electron chi connectivity index (χ2n) is 4.01. The topological polar surface area (TPSA) is 78.0 Å². The standard InChI is InChI=1S/C13H15N3O2/c17-13(18)11-3-1-10(2-4-11)7-14-6-5-12-8-15-9-16-12/h1-4,8-9,14H,5-7H2,(H,15,16)(H,17,18). The Kier molecular flexibility index (Phi) is 4.09. The first-order valence-corrected chi connectivity index (χ1v) is 5.76. The number of aromatic nitrogens is 2. The van der Waals surface area contributed by atoms with E-state index in [1.165, 1.54) is 0 Å². The van der Waals surface area contributed by atoms with Crippen LogP contribution in [0.15, 0.2) is 36.8 Å². The number of aromatic carboxylic acids is 1. The molecule has 5 nitrogen and oxygen atoms in total. The zero-order valence-electron chi connectivity index (χ0n) is 9.89. The van der Waals surface area contributed by atoms with Crippen molar-refractivity contribution >= 4 is 5.97 Å². The number of carboxylic acids is 1. The van der Waals surface area contributed by atoms with Gasteiger partial charge >= 0.3 is 5.97 Å². The van der Waals surface area contributed by atoms with E-state index in [1.807, 2.05) is 18.3 Å². The second-order valence-corrected chi connectivity index (χ2v) is 4.01. The molecular formula is C13H15N3O2. The van der Waals surface area contributed by atoms with E-state index in [0.29, 0.717) is 5.56 Å². The third kappa shape index (κ3) is 3.43. The van der Waals surface area contributed by atoms with E-state index in [9.17, 15) is 4.79 Å². The van der Waals surface area contributed by atoms with Crippen molar-refractivity contribution in [3.05, 3.63) is 53.6 Å². The minimum absolute atomic E-state index is 0.316. The summed E-state index contributed by atoms with van der Waals surface area (Å²) in [6.07, 6.45) is 4.37. The molecule has 0 saturated heterocycles. The quantitative estimate of drug-likeness (QED) is 0.673. The van der Waals surface area contributed by atoms with Gasteiger partial charge < -0.3 is 15.4 Å². The van der Waals surface area contributed by atoms with Crippen LogP contribution >= 0.6 is 0 Å². The van der Waals surface area contributed by atoms with Crippen LogP contribution in [0, 0.1) is 0 Å². The van der Waals surface area contributed by atoms with Crippen molar-refractivity contribution in [1.82, 2.24) is 15.3 Å². The number of aromatic amines is 1. The molecule has 0 aliphatic rings. The summed E-state index contributed by atoms with van der Waals surface area (Å²) in [6, 6.07) is 6.89. The van der Waals surface area contributed by atoms with Crippen LogP contribution in [0.2, 0.25) is 0 Å². The molecule has 0 amide bonds. The predicted molar refractivity (Wildman–Crippen MR) is 67.4 cm³/mol. The zero-order valence-corrected chi connectivity index (χ0v) is 9.89. The summed E-state index contributed by atoms with van der Waals surface area (Å²) in [6.45, 7) is 1.58. The first kappa shape index (κ1) is 12.3. The lowest BCUT2D eigenvalue weighted by Gasteiger charge is -2.04. The smallest absolute Gasteiger partial charge is 0.335 e. The van der Waals surface area contributed by atoms with Gasteiger partial charge in [-0.25, -0.2) is 9.78 Å². The number of H-pyrrole nitrogens is 1. The molecule has 0 aliphatic carbocycles. The SMILES string of the molecule is O=C(O)c1ccc(CNCCc2cnc[nH]2)cc1. The van der Waals surface area contributed by atoms with Gasteiger partial charge in [-0.2, -0.15) is 0 Å². The predicted octanol–water partition coefficient (Wildman–Crippen LogP) is 1.44. The third-order valence-corrected chi connectivity index (χ3v) is 2.66. The molecule has 1 aromatic heterocycles. The monoisotopic (exact) mass is 245 g/mol. The van der Waals surface area contributed by atoms with Crippen LogP contribution in [-0.2, 0) is 13.0 Å². The van der Waals surface area contributed by atoms with Crippen LogP contribution < -0.4 is 5.32 Å². The van der Waals surface area contributed by atoms with Gasteiger partial charge in [0.1, 0.15) is 0 Å². The lowest BCUT2D eigenvalue weighted by atomic mass is 10.1. The van der Waals surface area contributed by atoms with Crippen molar-refractivity contribution in [2.24, 2.45) is 0 Å². The Morgan fingerprint density at radius 1 is 1.33 bits per heavy atom. The van der Waals surface area contributed by atoms with Crippen LogP contribution in [0.3, 0.4) is 0 Å². The lowest BCUT2D eigenvalue weighted by molar-refractivity contribution is 0.0697. The molecule has 0 unspecified atom stereocenters. The van der Waals surface area contributed by atoms with Gasteiger partial charge in [0, 0.05) is 31.4 Å². The molecule has 0 aliphatic heterocycles. The number of carbonyl (C=O) groups is 1. The summed E-state index contributed by atoms with van der Waals surface area (Å²) >= 11 is 0. The van der Waals surface area contributed by atoms with Gasteiger partial charge in [-0.05, 0) is 17.7 Å². The van der Waals surface area contributed by atoms with Crippen molar-refractivity contribution in [2.45, 2.75) is 13.0 Å². The average Bonchev–Trinajstić information content (AvgIpc) is 2.88. The molecule has 94 valence electrons. The zero-order chi connectivity index (χ0) is 12.8. The van der Waals surface area contributed by atoms with Crippen LogP contribution in [0.25, 0.3) is 0 Å². The Morgan fingerprint density at radius 2 is 2.11 bits per heavy atom. The molecule has 5 heteroatoms. The highest BCUT2D eigenvalue weighted by Crippen LogP contribution is 2.04. The van der Waals surface area contributed by atoms with E-state index in [0.717, 1.165) is 30.8 Å². The van der Waals surface area contributed by atoms with E-state index in [1.54, 1.807) is 18.5 Å². The van der Waals surface area contributed by atoms with Gasteiger partial charge in [0.2, 0.25) is 0 Å². The van der Waals surface area contributed by atoms with Crippen LogP contribution in [0.5, 0.6) is 0 Å². The highest BCUT2D eigenvalue weighted by Gasteiger charge is 2.01. The van der Waals surface area contributed by atoms with Crippen LogP contribution in [0.4, 0.5) is 0 Å². The lowest BCUT2D eigenvalue weighted by Crippen LogP contribution is -2.16. The van der Waals surface area contributed by atoms with E-state index in [2.05, 4.69) is 15.3 Å². The molecule has 0 radical (unpaired) electrons. The van der Waals surface area contributed by atoms with Crippen LogP contribution in [0.1, 0.15) is 21.6 Å². The third-order valence-electron chi connectivity index (χ3n) is 2.66. The fourth-order valence-electron chi connectivity index (χ4n) is 1.64. The average molecular weight is 245 g/mol. The highest BCUT2D eigenvalue weighted by atomic mass is 16.4. The Hall–Kier alpha value is -2.14. The van der Waals surface area contributed by atoms with Crippen molar-refractivity contribution in [3.63, 3.8) is 0 Å². The van der Waals surface area contributed by atoms with Crippen molar-refractivity contribution < 1.29 is 9.90 Å². The maximum atomic E-state index is 10.7. The molecule has 1 aromatic carbocycles. The number of nitrogens with one attached hydrogen (secondary N) is 2. The van der Waals surface area contributed by atoms with E-state index < -0.39 is 5.97 Å². The van der Waals surface area contributed by atoms with E-state index in [4.69, 9.17) is 5.11 Å². The molecule has 1 heterocycles. The van der Waals surface area contributed by atoms with Gasteiger partial charge in [-0.15, -0.1) is 0 Å². The summed E-state index contributed by atoms with van der Waals surface area (Å²) in [7, 11) is 0. The number of nitrogens with zero attached hydrogens (tertiary/aromatic N) is 1. The number of hydrogen-bond acceptors (Lipinski definition) is 3.